The molecule has 0 saturated carbocycles. The van der Waals surface area contributed by atoms with Gasteiger partial charge in [-0.3, -0.25) is 9.35 Å². The van der Waals surface area contributed by atoms with Crippen molar-refractivity contribution >= 4 is 44.3 Å². The molecule has 1 fully saturated rings. The highest BCUT2D eigenvalue weighted by Crippen LogP contribution is 2.37. The van der Waals surface area contributed by atoms with E-state index in [1.54, 1.807) is 12.1 Å². The molecule has 0 aliphatic carbocycles. The molecule has 31 heavy (non-hydrogen) atoms. The SMILES string of the molecule is CN(C)S(=O)(=O)c1ccc(N(c2ccccc2N2CCC(C(=O)O)CC2)S(=O)O)cc1. The Kier molecular flexibility index (Phi) is 6.99. The molecule has 2 aromatic carbocycles. The Labute approximate surface area is 184 Å². The van der Waals surface area contributed by atoms with E-state index < -0.39 is 33.2 Å². The van der Waals surface area contributed by atoms with Crippen LogP contribution in [0.1, 0.15) is 12.8 Å². The van der Waals surface area contributed by atoms with E-state index in [0.29, 0.717) is 43.0 Å². The Bertz CT molecular complexity index is 1060. The van der Waals surface area contributed by atoms with Crippen molar-refractivity contribution in [2.24, 2.45) is 5.92 Å². The summed E-state index contributed by atoms with van der Waals surface area (Å²) in [4.78, 5) is 13.3. The van der Waals surface area contributed by atoms with Crippen LogP contribution in [0.25, 0.3) is 0 Å². The number of carboxylic acid groups (broad SMARTS) is 1. The van der Waals surface area contributed by atoms with Crippen LogP contribution >= 0.6 is 0 Å². The van der Waals surface area contributed by atoms with Crippen LogP contribution in [0.4, 0.5) is 17.1 Å². The second-order valence-electron chi connectivity index (χ2n) is 7.39. The third-order valence-corrected chi connectivity index (χ3v) is 7.84. The molecular weight excluding hydrogens is 442 g/mol. The van der Waals surface area contributed by atoms with Gasteiger partial charge in [-0.25, -0.2) is 21.2 Å². The number of aliphatic carboxylic acids is 1. The second kappa shape index (κ2) is 9.35. The molecule has 0 bridgehead atoms. The van der Waals surface area contributed by atoms with Crippen LogP contribution in [-0.4, -0.2) is 59.7 Å². The summed E-state index contributed by atoms with van der Waals surface area (Å²) < 4.78 is 49.3. The molecule has 11 heteroatoms. The van der Waals surface area contributed by atoms with Gasteiger partial charge in [0.2, 0.25) is 10.0 Å². The van der Waals surface area contributed by atoms with Crippen LogP contribution in [0.3, 0.4) is 0 Å². The van der Waals surface area contributed by atoms with Crippen LogP contribution in [-0.2, 0) is 26.1 Å². The molecule has 1 heterocycles. The molecule has 1 atom stereocenters. The zero-order valence-electron chi connectivity index (χ0n) is 17.2. The smallest absolute Gasteiger partial charge is 0.306 e. The lowest BCUT2D eigenvalue weighted by atomic mass is 9.96. The van der Waals surface area contributed by atoms with Gasteiger partial charge in [0.25, 0.3) is 11.3 Å². The zero-order chi connectivity index (χ0) is 22.8. The molecule has 1 aliphatic heterocycles. The lowest BCUT2D eigenvalue weighted by Crippen LogP contribution is -2.37. The molecule has 0 radical (unpaired) electrons. The fourth-order valence-corrected chi connectivity index (χ4v) is 5.07. The molecule has 0 spiro atoms. The average Bonchev–Trinajstić information content (AvgIpc) is 2.74. The zero-order valence-corrected chi connectivity index (χ0v) is 18.8. The largest absolute Gasteiger partial charge is 0.481 e. The van der Waals surface area contributed by atoms with E-state index in [0.717, 1.165) is 4.31 Å². The van der Waals surface area contributed by atoms with Crippen molar-refractivity contribution in [3.63, 3.8) is 0 Å². The Morgan fingerprint density at radius 3 is 2.16 bits per heavy atom. The van der Waals surface area contributed by atoms with Crippen molar-refractivity contribution in [3.05, 3.63) is 48.5 Å². The first-order chi connectivity index (χ1) is 14.6. The number of para-hydroxylation sites is 2. The van der Waals surface area contributed by atoms with Crippen molar-refractivity contribution in [1.29, 1.82) is 0 Å². The predicted octanol–water partition coefficient (Wildman–Crippen LogP) is 2.51. The normalized spacial score (nSPS) is 16.3. The first kappa shape index (κ1) is 23.2. The number of anilines is 3. The Morgan fingerprint density at radius 2 is 1.65 bits per heavy atom. The van der Waals surface area contributed by atoms with Gasteiger partial charge in [0.15, 0.2) is 0 Å². The first-order valence-electron chi connectivity index (χ1n) is 9.63. The number of carbonyl (C=O) groups is 1. The Balaban J connectivity index is 1.95. The number of nitrogens with zero attached hydrogens (tertiary/aromatic N) is 3. The third kappa shape index (κ3) is 4.90. The summed E-state index contributed by atoms with van der Waals surface area (Å²) in [6.45, 7) is 1.03. The summed E-state index contributed by atoms with van der Waals surface area (Å²) in [5.41, 5.74) is 1.53. The lowest BCUT2D eigenvalue weighted by molar-refractivity contribution is -0.142. The minimum atomic E-state index is -3.62. The van der Waals surface area contributed by atoms with Gasteiger partial charge in [-0.15, -0.1) is 0 Å². The minimum absolute atomic E-state index is 0.0777. The van der Waals surface area contributed by atoms with Crippen molar-refractivity contribution in [3.8, 4) is 0 Å². The van der Waals surface area contributed by atoms with Crippen molar-refractivity contribution in [1.82, 2.24) is 4.31 Å². The van der Waals surface area contributed by atoms with Crippen LogP contribution < -0.4 is 9.21 Å². The summed E-state index contributed by atoms with van der Waals surface area (Å²) in [7, 11) is -0.756. The third-order valence-electron chi connectivity index (χ3n) is 5.29. The molecule has 1 aliphatic rings. The molecule has 9 nitrogen and oxygen atoms in total. The van der Waals surface area contributed by atoms with Crippen LogP contribution in [0, 0.1) is 5.92 Å². The van der Waals surface area contributed by atoms with Gasteiger partial charge < -0.3 is 10.0 Å². The van der Waals surface area contributed by atoms with E-state index in [-0.39, 0.29) is 4.90 Å². The van der Waals surface area contributed by atoms with E-state index >= 15 is 0 Å². The van der Waals surface area contributed by atoms with E-state index in [2.05, 4.69) is 0 Å². The van der Waals surface area contributed by atoms with E-state index in [1.165, 1.54) is 42.7 Å². The maximum Gasteiger partial charge on any atom is 0.306 e. The average molecular weight is 468 g/mol. The Morgan fingerprint density at radius 1 is 1.06 bits per heavy atom. The topological polar surface area (TPSA) is 118 Å². The van der Waals surface area contributed by atoms with E-state index in [4.69, 9.17) is 0 Å². The van der Waals surface area contributed by atoms with Crippen molar-refractivity contribution in [2.45, 2.75) is 17.7 Å². The molecular formula is C20H25N3O6S2. The first-order valence-corrected chi connectivity index (χ1v) is 12.1. The number of hydrogen-bond acceptors (Lipinski definition) is 5. The molecule has 1 saturated heterocycles. The summed E-state index contributed by atoms with van der Waals surface area (Å²) in [5, 5.41) is 9.23. The van der Waals surface area contributed by atoms with Gasteiger partial charge in [-0.1, -0.05) is 12.1 Å². The highest BCUT2D eigenvalue weighted by molar-refractivity contribution is 7.89. The fraction of sp³-hybridized carbons (Fsp3) is 0.350. The molecule has 168 valence electrons. The molecule has 2 aromatic rings. The number of rotatable bonds is 7. The van der Waals surface area contributed by atoms with Gasteiger partial charge in [0.05, 0.1) is 27.9 Å². The van der Waals surface area contributed by atoms with Crippen molar-refractivity contribution in [2.75, 3.05) is 36.4 Å². The lowest BCUT2D eigenvalue weighted by Gasteiger charge is -2.35. The maximum atomic E-state index is 12.3. The van der Waals surface area contributed by atoms with Gasteiger partial charge >= 0.3 is 5.97 Å². The number of hydrogen-bond donors (Lipinski definition) is 2. The number of sulfonamides is 1. The summed E-state index contributed by atoms with van der Waals surface area (Å²) in [5.74, 6) is -1.20. The monoisotopic (exact) mass is 467 g/mol. The highest BCUT2D eigenvalue weighted by atomic mass is 32.2. The van der Waals surface area contributed by atoms with Gasteiger partial charge in [-0.2, -0.15) is 0 Å². The molecule has 2 N–H and O–H groups in total. The minimum Gasteiger partial charge on any atom is -0.481 e. The van der Waals surface area contributed by atoms with Crippen LogP contribution in [0.5, 0.6) is 0 Å². The van der Waals surface area contributed by atoms with E-state index in [9.17, 15) is 27.1 Å². The predicted molar refractivity (Wildman–Crippen MR) is 119 cm³/mol. The number of benzene rings is 2. The van der Waals surface area contributed by atoms with E-state index in [1.807, 2.05) is 17.0 Å². The number of carboxylic acids is 1. The van der Waals surface area contributed by atoms with Gasteiger partial charge in [0, 0.05) is 27.2 Å². The summed E-state index contributed by atoms with van der Waals surface area (Å²) in [6, 6.07) is 12.8. The van der Waals surface area contributed by atoms with Gasteiger partial charge in [0.1, 0.15) is 0 Å². The quantitative estimate of drug-likeness (QED) is 0.601. The molecule has 0 aromatic heterocycles. The second-order valence-corrected chi connectivity index (χ2v) is 10.4. The maximum absolute atomic E-state index is 12.3. The summed E-state index contributed by atoms with van der Waals surface area (Å²) >= 11 is -2.42. The highest BCUT2D eigenvalue weighted by Gasteiger charge is 2.28. The molecule has 1 unspecified atom stereocenters. The van der Waals surface area contributed by atoms with Gasteiger partial charge in [-0.05, 0) is 49.2 Å². The molecule has 0 amide bonds. The Hall–Kier alpha value is -2.47. The molecule has 3 rings (SSSR count). The van der Waals surface area contributed by atoms with Crippen LogP contribution in [0.2, 0.25) is 0 Å². The van der Waals surface area contributed by atoms with Crippen molar-refractivity contribution < 1.29 is 27.1 Å². The number of piperidine rings is 1. The summed E-state index contributed by atoms with van der Waals surface area (Å²) in [6.07, 6.45) is 0.978. The standard InChI is InChI=1S/C20H25N3O6S2/c1-21(2)31(28,29)17-9-7-16(8-10-17)23(30(26)27)19-6-4-3-5-18(19)22-13-11-15(12-14-22)20(24)25/h3-10,15H,11-14H2,1-2H3,(H,24,25)(H,26,27). The van der Waals surface area contributed by atoms with Crippen LogP contribution in [0.15, 0.2) is 53.4 Å². The fourth-order valence-electron chi connectivity index (χ4n) is 3.55.